The van der Waals surface area contributed by atoms with E-state index in [0.717, 1.165) is 0 Å². The van der Waals surface area contributed by atoms with Crippen molar-refractivity contribution < 1.29 is 89.6 Å². The van der Waals surface area contributed by atoms with Crippen molar-refractivity contribution in [3.8, 4) is 0 Å². The Morgan fingerprint density at radius 2 is 1.00 bits per heavy atom. The van der Waals surface area contributed by atoms with Crippen molar-refractivity contribution in [1.29, 1.82) is 0 Å². The zero-order chi connectivity index (χ0) is 10.4. The Labute approximate surface area is 116 Å². The minimum absolute atomic E-state index is 0. The Morgan fingerprint density at radius 3 is 1.00 bits per heavy atom. The number of rotatable bonds is 2. The smallest absolute Gasteiger partial charge is 0.412 e. The molecule has 0 aliphatic heterocycles. The summed E-state index contributed by atoms with van der Waals surface area (Å²) in [6.45, 7) is -1.69. The van der Waals surface area contributed by atoms with E-state index in [1.54, 1.807) is 0 Å². The predicted molar refractivity (Wildman–Crippen MR) is 42.8 cm³/mol. The topological polar surface area (TPSA) is 222 Å². The van der Waals surface area contributed by atoms with Gasteiger partial charge in [0.25, 0.3) is 0 Å². The Morgan fingerprint density at radius 1 is 0.875 bits per heavy atom. The molecule has 0 saturated heterocycles. The van der Waals surface area contributed by atoms with E-state index >= 15 is 0 Å². The van der Waals surface area contributed by atoms with Gasteiger partial charge in [-0.15, -0.1) is 0 Å². The van der Waals surface area contributed by atoms with Crippen LogP contribution in [0.5, 0.6) is 0 Å². The molecule has 0 bridgehead atoms. The van der Waals surface area contributed by atoms with Gasteiger partial charge in [-0.1, -0.05) is 0 Å². The molecule has 10 nitrogen and oxygen atoms in total. The average Bonchev–Trinajstić information content (AvgIpc) is 1.85. The first-order valence-electron chi connectivity index (χ1n) is 2.57. The van der Waals surface area contributed by atoms with Crippen LogP contribution < -0.4 is 0 Å². The van der Waals surface area contributed by atoms with Crippen LogP contribution in [-0.2, 0) is 43.5 Å². The molecule has 16 heavy (non-hydrogen) atoms. The van der Waals surface area contributed by atoms with Gasteiger partial charge in [0.1, 0.15) is 0 Å². The molecule has 0 rings (SSSR count). The molecular formula is C3H15O10PZn2. The van der Waals surface area contributed by atoms with E-state index in [2.05, 4.69) is 0 Å². The molecule has 0 aromatic heterocycles. The summed E-state index contributed by atoms with van der Waals surface area (Å²) < 4.78 is 8.88. The standard InChI is InChI=1S/C3H8O4.H3O4P.2H2O.2Zn/c4-1-3(6,7)2-5;1-5(2,3)4;;;;/h4-7H,1-2H2;(H3,1,2,3,4);2*1H2;;. The Balaban J connectivity index is -0.0000000258. The summed E-state index contributed by atoms with van der Waals surface area (Å²) in [4.78, 5) is 21.6. The van der Waals surface area contributed by atoms with Crippen LogP contribution in [0.3, 0.4) is 0 Å². The maximum absolute atomic E-state index is 8.88. The van der Waals surface area contributed by atoms with Crippen molar-refractivity contribution in [3.05, 3.63) is 0 Å². The number of hydrogen-bond donors (Lipinski definition) is 7. The van der Waals surface area contributed by atoms with Crippen LogP contribution in [0.1, 0.15) is 0 Å². The van der Waals surface area contributed by atoms with Gasteiger partial charge >= 0.3 is 7.82 Å². The van der Waals surface area contributed by atoms with Gasteiger partial charge in [-0.2, -0.15) is 0 Å². The largest absolute Gasteiger partial charge is 0.466 e. The normalized spacial score (nSPS) is 8.94. The molecule has 0 fully saturated rings. The number of aliphatic hydroxyl groups is 4. The molecule has 0 atom stereocenters. The molecular weight excluding hydrogens is 358 g/mol. The van der Waals surface area contributed by atoms with Gasteiger partial charge in [0.15, 0.2) is 0 Å². The predicted octanol–water partition coefficient (Wildman–Crippen LogP) is -4.93. The van der Waals surface area contributed by atoms with Gasteiger partial charge in [-0.05, 0) is 0 Å². The van der Waals surface area contributed by atoms with Crippen LogP contribution in [0.15, 0.2) is 0 Å². The second kappa shape index (κ2) is 16.1. The summed E-state index contributed by atoms with van der Waals surface area (Å²) in [7, 11) is -4.64. The number of phosphoric acid groups is 1. The molecule has 0 heterocycles. The van der Waals surface area contributed by atoms with E-state index in [0.29, 0.717) is 0 Å². The second-order valence-corrected chi connectivity index (χ2v) is 2.84. The average molecular weight is 373 g/mol. The number of hydrogen-bond acceptors (Lipinski definition) is 5. The van der Waals surface area contributed by atoms with E-state index in [-0.39, 0.29) is 49.9 Å². The van der Waals surface area contributed by atoms with Gasteiger partial charge in [0.05, 0.1) is 13.2 Å². The third-order valence-corrected chi connectivity index (χ3v) is 0.506. The minimum atomic E-state index is -4.64. The molecule has 0 aromatic rings. The van der Waals surface area contributed by atoms with E-state index < -0.39 is 26.8 Å². The molecule has 13 heteroatoms. The molecule has 11 N–H and O–H groups in total. The fourth-order valence-corrected chi connectivity index (χ4v) is 0.0500. The zero-order valence-corrected chi connectivity index (χ0v) is 15.1. The van der Waals surface area contributed by atoms with Crippen LogP contribution in [0.4, 0.5) is 0 Å². The fraction of sp³-hybridized carbons (Fsp3) is 1.00. The summed E-state index contributed by atoms with van der Waals surface area (Å²) in [6.07, 6.45) is 0. The van der Waals surface area contributed by atoms with Crippen LogP contribution in [0, 0.1) is 0 Å². The van der Waals surface area contributed by atoms with Crippen molar-refractivity contribution in [2.24, 2.45) is 0 Å². The van der Waals surface area contributed by atoms with Gasteiger partial charge in [0, 0.05) is 39.0 Å². The van der Waals surface area contributed by atoms with Crippen molar-refractivity contribution in [3.63, 3.8) is 0 Å². The van der Waals surface area contributed by atoms with Gasteiger partial charge in [-0.3, -0.25) is 0 Å². The van der Waals surface area contributed by atoms with E-state index in [1.165, 1.54) is 0 Å². The third kappa shape index (κ3) is 59.5. The van der Waals surface area contributed by atoms with E-state index in [4.69, 9.17) is 39.7 Å². The molecule has 0 spiro atoms. The fourth-order valence-electron chi connectivity index (χ4n) is 0.0500. The summed E-state index contributed by atoms with van der Waals surface area (Å²) in [6, 6.07) is 0. The minimum Gasteiger partial charge on any atom is -0.412 e. The zero-order valence-electron chi connectivity index (χ0n) is 8.31. The summed E-state index contributed by atoms with van der Waals surface area (Å²) in [5, 5.41) is 32.2. The van der Waals surface area contributed by atoms with Gasteiger partial charge < -0.3 is 46.1 Å². The molecule has 0 saturated carbocycles. The molecule has 96 valence electrons. The van der Waals surface area contributed by atoms with Crippen LogP contribution in [0.25, 0.3) is 0 Å². The first-order chi connectivity index (χ1) is 5.12. The molecule has 0 amide bonds. The van der Waals surface area contributed by atoms with Crippen LogP contribution >= 0.6 is 7.82 Å². The molecule has 0 aromatic carbocycles. The maximum atomic E-state index is 8.88. The van der Waals surface area contributed by atoms with Gasteiger partial charge in [-0.25, -0.2) is 4.57 Å². The van der Waals surface area contributed by atoms with E-state index in [9.17, 15) is 0 Å². The Bertz CT molecular complexity index is 144. The molecule has 0 unspecified atom stereocenters. The molecule has 0 radical (unpaired) electrons. The Kier molecular flexibility index (Phi) is 36.2. The summed E-state index contributed by atoms with van der Waals surface area (Å²) in [5.74, 6) is -2.31. The second-order valence-electron chi connectivity index (χ2n) is 1.81. The molecule has 0 aliphatic rings. The van der Waals surface area contributed by atoms with Crippen molar-refractivity contribution in [2.75, 3.05) is 13.2 Å². The summed E-state index contributed by atoms with van der Waals surface area (Å²) in [5.41, 5.74) is 0. The number of aliphatic hydroxyl groups excluding tert-OH is 2. The first kappa shape index (κ1) is 36.0. The quantitative estimate of drug-likeness (QED) is 0.141. The van der Waals surface area contributed by atoms with Crippen molar-refractivity contribution in [2.45, 2.75) is 5.79 Å². The SMILES string of the molecule is O.O.O=P(O)(O)O.OCC(O)(O)CO.[Zn].[Zn]. The van der Waals surface area contributed by atoms with Crippen LogP contribution in [0.2, 0.25) is 0 Å². The maximum Gasteiger partial charge on any atom is 0.466 e. The molecule has 0 aliphatic carbocycles. The summed E-state index contributed by atoms with van der Waals surface area (Å²) >= 11 is 0. The van der Waals surface area contributed by atoms with Crippen LogP contribution in [-0.4, -0.2) is 65.1 Å². The van der Waals surface area contributed by atoms with E-state index in [1.807, 2.05) is 0 Å². The monoisotopic (exact) mass is 370 g/mol. The first-order valence-corrected chi connectivity index (χ1v) is 4.13. The Hall–Kier alpha value is 1.12. The van der Waals surface area contributed by atoms with Gasteiger partial charge in [0.2, 0.25) is 5.79 Å². The van der Waals surface area contributed by atoms with Crippen molar-refractivity contribution >= 4 is 7.82 Å². The van der Waals surface area contributed by atoms with Crippen molar-refractivity contribution in [1.82, 2.24) is 0 Å². The third-order valence-electron chi connectivity index (χ3n) is 0.506.